The number of nitrogens with zero attached hydrogens (tertiary/aromatic N) is 1. The Morgan fingerprint density at radius 2 is 1.95 bits per heavy atom. The van der Waals surface area contributed by atoms with Crippen molar-refractivity contribution >= 4 is 28.2 Å². The molecule has 0 saturated carbocycles. The lowest BCUT2D eigenvalue weighted by molar-refractivity contribution is -0.117. The smallest absolute Gasteiger partial charge is 0.251 e. The Balaban J connectivity index is 1.89. The first-order valence-corrected chi connectivity index (χ1v) is 7.34. The number of thiophene rings is 1. The minimum atomic E-state index is -0.538. The van der Waals surface area contributed by atoms with Gasteiger partial charge in [-0.15, -0.1) is 11.3 Å². The number of carbonyl (C=O) groups excluding carboxylic acids is 2. The zero-order valence-electron chi connectivity index (χ0n) is 11.7. The van der Waals surface area contributed by atoms with Crippen molar-refractivity contribution in [3.63, 3.8) is 0 Å². The summed E-state index contributed by atoms with van der Waals surface area (Å²) in [5.41, 5.74) is 6.73. The summed E-state index contributed by atoms with van der Waals surface area (Å²) in [4.78, 5) is 25.1. The van der Waals surface area contributed by atoms with Crippen molar-refractivity contribution in [2.45, 2.75) is 6.54 Å². The molecule has 5 nitrogen and oxygen atoms in total. The highest BCUT2D eigenvalue weighted by Crippen LogP contribution is 2.22. The maximum Gasteiger partial charge on any atom is 0.251 e. The third-order valence-corrected chi connectivity index (χ3v) is 3.72. The highest BCUT2D eigenvalue weighted by Gasteiger charge is 2.13. The molecule has 21 heavy (non-hydrogen) atoms. The van der Waals surface area contributed by atoms with Gasteiger partial charge in [0, 0.05) is 6.54 Å². The minimum Gasteiger partial charge on any atom is -0.366 e. The zero-order valence-corrected chi connectivity index (χ0v) is 12.5. The summed E-state index contributed by atoms with van der Waals surface area (Å²) in [5, 5.41) is 4.95. The SMILES string of the molecule is CN(CC(=O)Nc1sccc1C(N)=O)Cc1ccccc1. The van der Waals surface area contributed by atoms with Crippen LogP contribution >= 0.6 is 11.3 Å². The molecule has 0 spiro atoms. The second-order valence-electron chi connectivity index (χ2n) is 4.73. The van der Waals surface area contributed by atoms with Gasteiger partial charge in [0.15, 0.2) is 0 Å². The number of nitrogens with two attached hydrogens (primary N) is 1. The van der Waals surface area contributed by atoms with Crippen molar-refractivity contribution in [3.05, 3.63) is 52.9 Å². The van der Waals surface area contributed by atoms with Gasteiger partial charge in [0.05, 0.1) is 12.1 Å². The number of benzene rings is 1. The molecule has 0 fully saturated rings. The van der Waals surface area contributed by atoms with E-state index in [0.717, 1.165) is 5.56 Å². The van der Waals surface area contributed by atoms with Gasteiger partial charge in [0.2, 0.25) is 5.91 Å². The standard InChI is InChI=1S/C15H17N3O2S/c1-18(9-11-5-3-2-4-6-11)10-13(19)17-15-12(14(16)20)7-8-21-15/h2-8H,9-10H2,1H3,(H2,16,20)(H,17,19). The predicted octanol–water partition coefficient (Wildman–Crippen LogP) is 1.92. The largest absolute Gasteiger partial charge is 0.366 e. The van der Waals surface area contributed by atoms with Gasteiger partial charge in [-0.2, -0.15) is 0 Å². The van der Waals surface area contributed by atoms with Crippen molar-refractivity contribution in [1.82, 2.24) is 4.90 Å². The van der Waals surface area contributed by atoms with Crippen LogP contribution in [0.25, 0.3) is 0 Å². The van der Waals surface area contributed by atoms with Gasteiger partial charge < -0.3 is 11.1 Å². The molecule has 3 N–H and O–H groups in total. The van der Waals surface area contributed by atoms with Gasteiger partial charge in [0.1, 0.15) is 5.00 Å². The van der Waals surface area contributed by atoms with Crippen LogP contribution in [0.1, 0.15) is 15.9 Å². The van der Waals surface area contributed by atoms with E-state index < -0.39 is 5.91 Å². The molecule has 0 radical (unpaired) electrons. The van der Waals surface area contributed by atoms with E-state index >= 15 is 0 Å². The molecular weight excluding hydrogens is 286 g/mol. The van der Waals surface area contributed by atoms with Crippen LogP contribution in [-0.2, 0) is 11.3 Å². The summed E-state index contributed by atoms with van der Waals surface area (Å²) in [5.74, 6) is -0.706. The molecule has 0 aliphatic carbocycles. The fraction of sp³-hybridized carbons (Fsp3) is 0.200. The van der Waals surface area contributed by atoms with Gasteiger partial charge >= 0.3 is 0 Å². The number of hydrogen-bond donors (Lipinski definition) is 2. The topological polar surface area (TPSA) is 75.4 Å². The third kappa shape index (κ3) is 4.40. The maximum absolute atomic E-state index is 12.0. The van der Waals surface area contributed by atoms with E-state index in [1.165, 1.54) is 11.3 Å². The first-order valence-electron chi connectivity index (χ1n) is 6.46. The van der Waals surface area contributed by atoms with E-state index in [1.54, 1.807) is 11.4 Å². The number of anilines is 1. The molecule has 2 amide bonds. The summed E-state index contributed by atoms with van der Waals surface area (Å²) in [6, 6.07) is 11.5. The van der Waals surface area contributed by atoms with Crippen LogP contribution in [0.5, 0.6) is 0 Å². The van der Waals surface area contributed by atoms with Gasteiger partial charge in [-0.1, -0.05) is 30.3 Å². The Kier molecular flexibility index (Phi) is 5.08. The van der Waals surface area contributed by atoms with Crippen LogP contribution in [0.2, 0.25) is 0 Å². The number of amides is 2. The Morgan fingerprint density at radius 3 is 2.62 bits per heavy atom. The third-order valence-electron chi connectivity index (χ3n) is 2.89. The van der Waals surface area contributed by atoms with Crippen molar-refractivity contribution in [2.24, 2.45) is 5.73 Å². The number of carbonyl (C=O) groups is 2. The van der Waals surface area contributed by atoms with Crippen LogP contribution in [0.15, 0.2) is 41.8 Å². The first kappa shape index (κ1) is 15.2. The van der Waals surface area contributed by atoms with Crippen molar-refractivity contribution < 1.29 is 9.59 Å². The molecule has 0 saturated heterocycles. The maximum atomic E-state index is 12.0. The monoisotopic (exact) mass is 303 g/mol. The minimum absolute atomic E-state index is 0.168. The summed E-state index contributed by atoms with van der Waals surface area (Å²) in [6.45, 7) is 0.923. The average molecular weight is 303 g/mol. The van der Waals surface area contributed by atoms with Crippen LogP contribution in [0, 0.1) is 0 Å². The summed E-state index contributed by atoms with van der Waals surface area (Å²) < 4.78 is 0. The normalized spacial score (nSPS) is 10.6. The average Bonchev–Trinajstić information content (AvgIpc) is 2.87. The Bertz CT molecular complexity index is 625. The number of primary amides is 1. The van der Waals surface area contributed by atoms with Crippen LogP contribution < -0.4 is 11.1 Å². The molecular formula is C15H17N3O2S. The summed E-state index contributed by atoms with van der Waals surface area (Å²) in [6.07, 6.45) is 0. The van der Waals surface area contributed by atoms with Crippen LogP contribution in [0.3, 0.4) is 0 Å². The first-order chi connectivity index (χ1) is 10.1. The fourth-order valence-corrected chi connectivity index (χ4v) is 2.77. The number of likely N-dealkylation sites (N-methyl/N-ethyl adjacent to an activating group) is 1. The molecule has 2 rings (SSSR count). The lowest BCUT2D eigenvalue weighted by Gasteiger charge is -2.16. The Morgan fingerprint density at radius 1 is 1.24 bits per heavy atom. The van der Waals surface area contributed by atoms with Gasteiger partial charge in [-0.25, -0.2) is 0 Å². The Hall–Kier alpha value is -2.18. The second kappa shape index (κ2) is 7.01. The van der Waals surface area contributed by atoms with E-state index in [0.29, 0.717) is 17.1 Å². The zero-order chi connectivity index (χ0) is 15.2. The lowest BCUT2D eigenvalue weighted by atomic mass is 10.2. The molecule has 110 valence electrons. The number of rotatable bonds is 6. The Labute approximate surface area is 127 Å². The predicted molar refractivity (Wildman–Crippen MR) is 84.2 cm³/mol. The molecule has 1 aromatic carbocycles. The molecule has 1 heterocycles. The van der Waals surface area contributed by atoms with E-state index in [1.807, 2.05) is 42.3 Å². The van der Waals surface area contributed by atoms with E-state index in [2.05, 4.69) is 5.32 Å². The number of hydrogen-bond acceptors (Lipinski definition) is 4. The van der Waals surface area contributed by atoms with Gasteiger partial charge in [0.25, 0.3) is 5.91 Å². The van der Waals surface area contributed by atoms with Gasteiger partial charge in [-0.05, 0) is 24.1 Å². The molecule has 0 unspecified atom stereocenters. The second-order valence-corrected chi connectivity index (χ2v) is 5.65. The highest BCUT2D eigenvalue weighted by atomic mass is 32.1. The molecule has 0 atom stereocenters. The highest BCUT2D eigenvalue weighted by molar-refractivity contribution is 7.14. The van der Waals surface area contributed by atoms with E-state index in [-0.39, 0.29) is 12.5 Å². The summed E-state index contributed by atoms with van der Waals surface area (Å²) in [7, 11) is 1.87. The molecule has 0 bridgehead atoms. The van der Waals surface area contributed by atoms with Crippen LogP contribution in [0.4, 0.5) is 5.00 Å². The quantitative estimate of drug-likeness (QED) is 0.856. The van der Waals surface area contributed by atoms with Crippen molar-refractivity contribution in [2.75, 3.05) is 18.9 Å². The molecule has 6 heteroatoms. The van der Waals surface area contributed by atoms with E-state index in [9.17, 15) is 9.59 Å². The van der Waals surface area contributed by atoms with Crippen LogP contribution in [-0.4, -0.2) is 30.3 Å². The molecule has 1 aromatic heterocycles. The van der Waals surface area contributed by atoms with Gasteiger partial charge in [-0.3, -0.25) is 14.5 Å². The molecule has 0 aliphatic heterocycles. The lowest BCUT2D eigenvalue weighted by Crippen LogP contribution is -2.30. The number of nitrogens with one attached hydrogen (secondary N) is 1. The van der Waals surface area contributed by atoms with Crippen molar-refractivity contribution in [1.29, 1.82) is 0 Å². The van der Waals surface area contributed by atoms with Crippen molar-refractivity contribution in [3.8, 4) is 0 Å². The molecule has 0 aliphatic rings. The fourth-order valence-electron chi connectivity index (χ4n) is 1.96. The van der Waals surface area contributed by atoms with E-state index in [4.69, 9.17) is 5.73 Å². The summed E-state index contributed by atoms with van der Waals surface area (Å²) >= 11 is 1.29. The molecule has 2 aromatic rings.